The maximum Gasteiger partial charge on any atom is 0.274 e. The van der Waals surface area contributed by atoms with Crippen molar-refractivity contribution in [2.75, 3.05) is 27.3 Å². The highest BCUT2D eigenvalue weighted by Gasteiger charge is 2.33. The van der Waals surface area contributed by atoms with Crippen molar-refractivity contribution in [1.82, 2.24) is 19.9 Å². The summed E-state index contributed by atoms with van der Waals surface area (Å²) >= 11 is 7.59. The molecule has 8 nitrogen and oxygen atoms in total. The summed E-state index contributed by atoms with van der Waals surface area (Å²) in [4.78, 5) is 6.41. The Morgan fingerprint density at radius 3 is 2.87 bits per heavy atom. The van der Waals surface area contributed by atoms with Gasteiger partial charge in [0, 0.05) is 48.9 Å². The van der Waals surface area contributed by atoms with Crippen LogP contribution in [0.25, 0.3) is 0 Å². The van der Waals surface area contributed by atoms with E-state index in [2.05, 4.69) is 19.9 Å². The summed E-state index contributed by atoms with van der Waals surface area (Å²) in [6.45, 7) is 1.22. The monoisotopic (exact) mass is 491 g/mol. The number of allylic oxidation sites excluding steroid dienone is 2. The number of hydrogen-bond donors (Lipinski definition) is 3. The molecule has 12 heteroatoms. The van der Waals surface area contributed by atoms with Crippen molar-refractivity contribution in [3.05, 3.63) is 63.5 Å². The summed E-state index contributed by atoms with van der Waals surface area (Å²) in [5, 5.41) is 11.2. The maximum absolute atomic E-state index is 12.4. The van der Waals surface area contributed by atoms with Crippen molar-refractivity contribution in [2.45, 2.75) is 25.0 Å². The first-order valence-electron chi connectivity index (χ1n) is 9.38. The van der Waals surface area contributed by atoms with E-state index in [1.165, 1.54) is 22.9 Å². The first kappa shape index (κ1) is 25.7. The Morgan fingerprint density at radius 2 is 2.32 bits per heavy atom. The number of halogens is 2. The SMILES string of the molecule is CNC(C(/C=C\C=C\F)=C\Cl)/C(COC)=C1/C[C@H](NS(N)(=O)=O)CN1Cc1nccs1. The Labute approximate surface area is 191 Å². The molecule has 2 rings (SSSR count). The number of methoxy groups -OCH3 is 1. The van der Waals surface area contributed by atoms with Gasteiger partial charge in [0.25, 0.3) is 10.2 Å². The lowest BCUT2D eigenvalue weighted by atomic mass is 9.96. The number of nitrogens with one attached hydrogen (secondary N) is 2. The van der Waals surface area contributed by atoms with Crippen LogP contribution in [0.4, 0.5) is 4.39 Å². The molecule has 2 heterocycles. The van der Waals surface area contributed by atoms with Crippen molar-refractivity contribution >= 4 is 33.1 Å². The molecule has 1 unspecified atom stereocenters. The first-order chi connectivity index (χ1) is 14.8. The largest absolute Gasteiger partial charge is 0.380 e. The van der Waals surface area contributed by atoms with E-state index < -0.39 is 16.3 Å². The Kier molecular flexibility index (Phi) is 10.3. The average molecular weight is 492 g/mol. The summed E-state index contributed by atoms with van der Waals surface area (Å²) in [6.07, 6.45) is 7.07. The number of nitrogens with zero attached hydrogens (tertiary/aromatic N) is 2. The van der Waals surface area contributed by atoms with Crippen LogP contribution in [0.1, 0.15) is 11.4 Å². The molecule has 0 radical (unpaired) electrons. The van der Waals surface area contributed by atoms with Gasteiger partial charge in [0.05, 0.1) is 25.5 Å². The molecule has 0 bridgehead atoms. The van der Waals surface area contributed by atoms with E-state index in [0.717, 1.165) is 16.3 Å². The highest BCUT2D eigenvalue weighted by molar-refractivity contribution is 7.87. The molecule has 1 aromatic heterocycles. The molecule has 0 saturated carbocycles. The minimum Gasteiger partial charge on any atom is -0.380 e. The zero-order valence-corrected chi connectivity index (χ0v) is 19.7. The van der Waals surface area contributed by atoms with Gasteiger partial charge in [-0.15, -0.1) is 11.3 Å². The lowest BCUT2D eigenvalue weighted by Crippen LogP contribution is -2.40. The maximum atomic E-state index is 12.4. The van der Waals surface area contributed by atoms with Crippen molar-refractivity contribution in [3.8, 4) is 0 Å². The highest BCUT2D eigenvalue weighted by atomic mass is 35.5. The van der Waals surface area contributed by atoms with E-state index in [4.69, 9.17) is 21.5 Å². The fourth-order valence-electron chi connectivity index (χ4n) is 3.54. The van der Waals surface area contributed by atoms with Crippen LogP contribution in [-0.2, 0) is 21.5 Å². The topological polar surface area (TPSA) is 110 Å². The lowest BCUT2D eigenvalue weighted by Gasteiger charge is -2.27. The second kappa shape index (κ2) is 12.4. The number of nitrogens with two attached hydrogens (primary N) is 1. The Morgan fingerprint density at radius 1 is 1.55 bits per heavy atom. The summed E-state index contributed by atoms with van der Waals surface area (Å²) in [5.74, 6) is 0. The van der Waals surface area contributed by atoms with E-state index in [0.29, 0.717) is 31.4 Å². The van der Waals surface area contributed by atoms with Crippen LogP contribution in [0.3, 0.4) is 0 Å². The number of aromatic nitrogens is 1. The van der Waals surface area contributed by atoms with Crippen molar-refractivity contribution in [3.63, 3.8) is 0 Å². The van der Waals surface area contributed by atoms with E-state index >= 15 is 0 Å². The van der Waals surface area contributed by atoms with Crippen LogP contribution in [-0.4, -0.2) is 57.7 Å². The van der Waals surface area contributed by atoms with Crippen LogP contribution in [0.2, 0.25) is 0 Å². The number of likely N-dealkylation sites (tertiary alicyclic amines) is 1. The summed E-state index contributed by atoms with van der Waals surface area (Å²) in [5.41, 5.74) is 3.89. The number of hydrogen-bond acceptors (Lipinski definition) is 7. The van der Waals surface area contributed by atoms with Crippen LogP contribution >= 0.6 is 22.9 Å². The summed E-state index contributed by atoms with van der Waals surface area (Å²) < 4.78 is 43.5. The molecule has 1 fully saturated rings. The second-order valence-electron chi connectivity index (χ2n) is 6.78. The molecule has 1 aliphatic heterocycles. The average Bonchev–Trinajstić information content (AvgIpc) is 3.35. The Bertz CT molecular complexity index is 932. The fourth-order valence-corrected chi connectivity index (χ4v) is 4.99. The van der Waals surface area contributed by atoms with Crippen LogP contribution < -0.4 is 15.2 Å². The molecule has 0 aliphatic carbocycles. The number of likely N-dealkylation sites (N-methyl/N-ethyl adjacent to an activating group) is 1. The molecule has 2 atom stereocenters. The van der Waals surface area contributed by atoms with Gasteiger partial charge in [-0.2, -0.15) is 13.1 Å². The predicted octanol–water partition coefficient (Wildman–Crippen LogP) is 2.16. The molecule has 0 amide bonds. The summed E-state index contributed by atoms with van der Waals surface area (Å²) in [7, 11) is -0.501. The molecule has 4 N–H and O–H groups in total. The molecule has 1 aliphatic rings. The molecular formula is C19H27ClFN5O3S2. The second-order valence-corrected chi connectivity index (χ2v) is 9.31. The number of thiazole rings is 1. The smallest absolute Gasteiger partial charge is 0.274 e. The highest BCUT2D eigenvalue weighted by Crippen LogP contribution is 2.31. The molecule has 172 valence electrons. The molecular weight excluding hydrogens is 465 g/mol. The third-order valence-electron chi connectivity index (χ3n) is 4.64. The number of ether oxygens (including phenoxy) is 1. The van der Waals surface area contributed by atoms with E-state index in [-0.39, 0.29) is 12.6 Å². The van der Waals surface area contributed by atoms with Gasteiger partial charge in [0.2, 0.25) is 0 Å². The third-order valence-corrected chi connectivity index (χ3v) is 6.32. The van der Waals surface area contributed by atoms with E-state index in [9.17, 15) is 12.8 Å². The lowest BCUT2D eigenvalue weighted by molar-refractivity contribution is 0.216. The van der Waals surface area contributed by atoms with Gasteiger partial charge in [-0.05, 0) is 24.3 Å². The van der Waals surface area contributed by atoms with Crippen molar-refractivity contribution in [2.24, 2.45) is 5.14 Å². The molecule has 31 heavy (non-hydrogen) atoms. The molecule has 1 saturated heterocycles. The van der Waals surface area contributed by atoms with Gasteiger partial charge >= 0.3 is 0 Å². The molecule has 0 spiro atoms. The third kappa shape index (κ3) is 7.79. The van der Waals surface area contributed by atoms with Gasteiger partial charge in [-0.1, -0.05) is 23.8 Å². The minimum absolute atomic E-state index is 0.276. The van der Waals surface area contributed by atoms with Crippen molar-refractivity contribution in [1.29, 1.82) is 0 Å². The van der Waals surface area contributed by atoms with Gasteiger partial charge in [0.1, 0.15) is 5.01 Å². The number of rotatable bonds is 11. The van der Waals surface area contributed by atoms with Crippen LogP contribution in [0, 0.1) is 0 Å². The quantitative estimate of drug-likeness (QED) is 0.409. The zero-order chi connectivity index (χ0) is 22.9. The Balaban J connectivity index is 2.49. The van der Waals surface area contributed by atoms with Crippen LogP contribution in [0.5, 0.6) is 0 Å². The van der Waals surface area contributed by atoms with Crippen molar-refractivity contribution < 1.29 is 17.5 Å². The van der Waals surface area contributed by atoms with E-state index in [1.54, 1.807) is 32.5 Å². The summed E-state index contributed by atoms with van der Waals surface area (Å²) in [6, 6.07) is -0.744. The van der Waals surface area contributed by atoms with Gasteiger partial charge in [0.15, 0.2) is 0 Å². The minimum atomic E-state index is -3.86. The standard InChI is InChI=1S/C19H27ClFN5O3S2/c1-23-19(14(10-20)5-3-4-6-21)16(13-29-2)17-9-15(25-31(22,27)28)11-26(17)12-18-24-7-8-30-18/h3-8,10,15,19,23,25H,9,11-13H2,1-2H3,(H2,22,27,28)/b5-3-,6-4+,14-10-,17-16-/t15-,19?/m0/s1. The van der Waals surface area contributed by atoms with Gasteiger partial charge in [-0.25, -0.2) is 14.5 Å². The Hall–Kier alpha value is -1.60. The van der Waals surface area contributed by atoms with Crippen LogP contribution in [0.15, 0.2) is 58.5 Å². The van der Waals surface area contributed by atoms with E-state index in [1.807, 2.05) is 5.38 Å². The zero-order valence-electron chi connectivity index (χ0n) is 17.3. The first-order valence-corrected chi connectivity index (χ1v) is 12.2. The van der Waals surface area contributed by atoms with Gasteiger partial charge < -0.3 is 15.0 Å². The molecule has 0 aromatic carbocycles. The predicted molar refractivity (Wildman–Crippen MR) is 122 cm³/mol. The molecule has 1 aromatic rings. The van der Waals surface area contributed by atoms with Gasteiger partial charge in [-0.3, -0.25) is 0 Å². The fraction of sp³-hybridized carbons (Fsp3) is 0.421. The normalized spacial score (nSPS) is 20.9.